The Labute approximate surface area is 84.0 Å². The van der Waals surface area contributed by atoms with Gasteiger partial charge in [-0.3, -0.25) is 0 Å². The van der Waals surface area contributed by atoms with Gasteiger partial charge in [-0.05, 0) is 18.6 Å². The summed E-state index contributed by atoms with van der Waals surface area (Å²) in [5.41, 5.74) is 3.00. The molecular weight excluding hydrogens is 202 g/mol. The molecule has 5 heteroatoms. The molecule has 0 unspecified atom stereocenters. The Balaban J connectivity index is 2.49. The lowest BCUT2D eigenvalue weighted by Gasteiger charge is -2.05. The van der Waals surface area contributed by atoms with Crippen molar-refractivity contribution >= 4 is 15.8 Å². The maximum absolute atomic E-state index is 11.1. The average Bonchev–Trinajstić information content (AvgIpc) is 2.17. The first-order valence-electron chi connectivity index (χ1n) is 4.36. The van der Waals surface area contributed by atoms with Crippen LogP contribution >= 0.6 is 0 Å². The SMILES string of the molecule is CCCS(=O)(=O)ONc1ccccc1. The van der Waals surface area contributed by atoms with E-state index >= 15 is 0 Å². The lowest BCUT2D eigenvalue weighted by atomic mass is 10.3. The van der Waals surface area contributed by atoms with Gasteiger partial charge in [-0.1, -0.05) is 25.1 Å². The summed E-state index contributed by atoms with van der Waals surface area (Å²) in [5, 5.41) is 0. The molecule has 14 heavy (non-hydrogen) atoms. The molecule has 0 saturated carbocycles. The highest BCUT2D eigenvalue weighted by Gasteiger charge is 2.09. The van der Waals surface area contributed by atoms with Crippen LogP contribution in [0.15, 0.2) is 30.3 Å². The molecule has 1 aromatic carbocycles. The lowest BCUT2D eigenvalue weighted by molar-refractivity contribution is 0.390. The number of rotatable bonds is 5. The van der Waals surface area contributed by atoms with E-state index in [0.29, 0.717) is 12.1 Å². The first kappa shape index (κ1) is 11.0. The number of para-hydroxylation sites is 1. The van der Waals surface area contributed by atoms with E-state index in [1.54, 1.807) is 31.2 Å². The topological polar surface area (TPSA) is 55.4 Å². The van der Waals surface area contributed by atoms with Gasteiger partial charge in [-0.15, -0.1) is 0 Å². The number of hydrogen-bond donors (Lipinski definition) is 1. The van der Waals surface area contributed by atoms with Crippen molar-refractivity contribution in [3.05, 3.63) is 30.3 Å². The van der Waals surface area contributed by atoms with Crippen molar-refractivity contribution in [1.29, 1.82) is 0 Å². The van der Waals surface area contributed by atoms with Crippen molar-refractivity contribution in [1.82, 2.24) is 0 Å². The molecule has 1 N–H and O–H groups in total. The quantitative estimate of drug-likeness (QED) is 0.760. The predicted octanol–water partition coefficient (Wildman–Crippen LogP) is 1.77. The fraction of sp³-hybridized carbons (Fsp3) is 0.333. The second kappa shape index (κ2) is 4.97. The largest absolute Gasteiger partial charge is 0.287 e. The number of benzene rings is 1. The molecule has 0 aliphatic carbocycles. The fourth-order valence-corrected chi connectivity index (χ4v) is 1.72. The first-order chi connectivity index (χ1) is 6.64. The third kappa shape index (κ3) is 3.76. The highest BCUT2D eigenvalue weighted by Crippen LogP contribution is 2.06. The van der Waals surface area contributed by atoms with E-state index in [2.05, 4.69) is 9.76 Å². The minimum atomic E-state index is -3.44. The smallest absolute Gasteiger partial charge is 0.249 e. The minimum Gasteiger partial charge on any atom is -0.249 e. The minimum absolute atomic E-state index is 0.0207. The van der Waals surface area contributed by atoms with Gasteiger partial charge < -0.3 is 0 Å². The number of hydrogen-bond acceptors (Lipinski definition) is 4. The van der Waals surface area contributed by atoms with Crippen LogP contribution in [0.25, 0.3) is 0 Å². The summed E-state index contributed by atoms with van der Waals surface area (Å²) in [7, 11) is -3.44. The predicted molar refractivity (Wildman–Crippen MR) is 55.2 cm³/mol. The van der Waals surface area contributed by atoms with E-state index in [1.165, 1.54) is 0 Å². The van der Waals surface area contributed by atoms with Gasteiger partial charge in [0.2, 0.25) is 0 Å². The van der Waals surface area contributed by atoms with Crippen LogP contribution in [0, 0.1) is 0 Å². The summed E-state index contributed by atoms with van der Waals surface area (Å²) in [6.07, 6.45) is 0.540. The van der Waals surface area contributed by atoms with Crippen LogP contribution < -0.4 is 5.48 Å². The molecule has 4 nitrogen and oxygen atoms in total. The van der Waals surface area contributed by atoms with Crippen LogP contribution in [-0.2, 0) is 14.4 Å². The molecule has 0 radical (unpaired) electrons. The molecule has 1 rings (SSSR count). The Morgan fingerprint density at radius 2 is 1.93 bits per heavy atom. The number of nitrogens with one attached hydrogen (secondary N) is 1. The average molecular weight is 215 g/mol. The van der Waals surface area contributed by atoms with Gasteiger partial charge in [0.15, 0.2) is 0 Å². The van der Waals surface area contributed by atoms with Gasteiger partial charge in [0.25, 0.3) is 10.1 Å². The summed E-state index contributed by atoms with van der Waals surface area (Å²) in [6.45, 7) is 1.78. The summed E-state index contributed by atoms with van der Waals surface area (Å²) in [6, 6.07) is 8.87. The van der Waals surface area contributed by atoms with Gasteiger partial charge in [-0.25, -0.2) is 5.48 Å². The normalized spacial score (nSPS) is 11.2. The van der Waals surface area contributed by atoms with E-state index < -0.39 is 10.1 Å². The summed E-state index contributed by atoms with van der Waals surface area (Å²) >= 11 is 0. The monoisotopic (exact) mass is 215 g/mol. The van der Waals surface area contributed by atoms with Gasteiger partial charge in [0, 0.05) is 0 Å². The van der Waals surface area contributed by atoms with Crippen molar-refractivity contribution < 1.29 is 12.7 Å². The van der Waals surface area contributed by atoms with E-state index in [4.69, 9.17) is 0 Å². The maximum atomic E-state index is 11.1. The summed E-state index contributed by atoms with van der Waals surface area (Å²) in [4.78, 5) is 0. The van der Waals surface area contributed by atoms with Crippen molar-refractivity contribution in [2.24, 2.45) is 0 Å². The summed E-state index contributed by atoms with van der Waals surface area (Å²) in [5.74, 6) is 0.0207. The molecular formula is C9H13NO3S. The Hall–Kier alpha value is -1.07. The van der Waals surface area contributed by atoms with Crippen LogP contribution in [0.2, 0.25) is 0 Å². The zero-order chi connectivity index (χ0) is 10.4. The third-order valence-electron chi connectivity index (χ3n) is 1.51. The Bertz CT molecular complexity index is 361. The lowest BCUT2D eigenvalue weighted by Crippen LogP contribution is -2.14. The Morgan fingerprint density at radius 3 is 2.50 bits per heavy atom. The second-order valence-corrected chi connectivity index (χ2v) is 4.50. The van der Waals surface area contributed by atoms with Crippen molar-refractivity contribution in [2.45, 2.75) is 13.3 Å². The van der Waals surface area contributed by atoms with Gasteiger partial charge in [-0.2, -0.15) is 12.7 Å². The van der Waals surface area contributed by atoms with E-state index in [9.17, 15) is 8.42 Å². The molecule has 0 aromatic heterocycles. The molecule has 0 saturated heterocycles. The Kier molecular flexibility index (Phi) is 3.91. The van der Waals surface area contributed by atoms with Crippen LogP contribution in [0.5, 0.6) is 0 Å². The molecule has 0 heterocycles. The highest BCUT2D eigenvalue weighted by atomic mass is 32.2. The molecule has 0 bridgehead atoms. The zero-order valence-corrected chi connectivity index (χ0v) is 8.75. The van der Waals surface area contributed by atoms with Gasteiger partial charge in [0.05, 0.1) is 11.4 Å². The zero-order valence-electron chi connectivity index (χ0n) is 7.93. The van der Waals surface area contributed by atoms with Gasteiger partial charge >= 0.3 is 0 Å². The van der Waals surface area contributed by atoms with Gasteiger partial charge in [0.1, 0.15) is 0 Å². The van der Waals surface area contributed by atoms with Crippen LogP contribution in [0.4, 0.5) is 5.69 Å². The third-order valence-corrected chi connectivity index (χ3v) is 2.76. The molecule has 0 amide bonds. The highest BCUT2D eigenvalue weighted by molar-refractivity contribution is 7.86. The molecule has 0 atom stereocenters. The maximum Gasteiger partial charge on any atom is 0.287 e. The molecule has 0 aliphatic heterocycles. The van der Waals surface area contributed by atoms with E-state index in [-0.39, 0.29) is 5.75 Å². The first-order valence-corrected chi connectivity index (χ1v) is 5.94. The van der Waals surface area contributed by atoms with Crippen molar-refractivity contribution in [2.75, 3.05) is 11.2 Å². The standard InChI is InChI=1S/C9H13NO3S/c1-2-8-14(11,12)13-10-9-6-4-3-5-7-9/h3-7,10H,2,8H2,1H3. The molecule has 78 valence electrons. The van der Waals surface area contributed by atoms with Crippen LogP contribution in [-0.4, -0.2) is 14.2 Å². The second-order valence-electron chi connectivity index (χ2n) is 2.81. The summed E-state index contributed by atoms with van der Waals surface area (Å²) < 4.78 is 26.8. The van der Waals surface area contributed by atoms with Crippen LogP contribution in [0.1, 0.15) is 13.3 Å². The van der Waals surface area contributed by atoms with E-state index in [0.717, 1.165) is 0 Å². The van der Waals surface area contributed by atoms with Crippen molar-refractivity contribution in [3.63, 3.8) is 0 Å². The molecule has 0 fully saturated rings. The van der Waals surface area contributed by atoms with Crippen molar-refractivity contribution in [3.8, 4) is 0 Å². The Morgan fingerprint density at radius 1 is 1.29 bits per heavy atom. The number of anilines is 1. The molecule has 1 aromatic rings. The fourth-order valence-electron chi connectivity index (χ4n) is 0.909. The molecule has 0 aliphatic rings. The molecule has 0 spiro atoms. The van der Waals surface area contributed by atoms with E-state index in [1.807, 2.05) is 6.07 Å². The van der Waals surface area contributed by atoms with Crippen LogP contribution in [0.3, 0.4) is 0 Å².